The van der Waals surface area contributed by atoms with Crippen LogP contribution in [-0.4, -0.2) is 68.1 Å². The highest BCUT2D eigenvalue weighted by molar-refractivity contribution is 5.96. The number of amides is 1. The van der Waals surface area contributed by atoms with Crippen LogP contribution in [0.4, 0.5) is 0 Å². The second-order valence-corrected chi connectivity index (χ2v) is 5.73. The van der Waals surface area contributed by atoms with Gasteiger partial charge in [-0.15, -0.1) is 5.10 Å². The molecule has 2 aromatic rings. The number of hydrogen-bond donors (Lipinski definition) is 2. The van der Waals surface area contributed by atoms with Crippen molar-refractivity contribution in [3.8, 4) is 5.75 Å². The predicted molar refractivity (Wildman–Crippen MR) is 85.1 cm³/mol. The number of hydrogen-bond acceptors (Lipinski definition) is 7. The van der Waals surface area contributed by atoms with Crippen LogP contribution in [0, 0.1) is 0 Å². The van der Waals surface area contributed by atoms with Crippen molar-refractivity contribution in [1.29, 1.82) is 0 Å². The number of aldehydes is 1. The van der Waals surface area contributed by atoms with E-state index in [0.717, 1.165) is 0 Å². The molecular weight excluding hydrogens is 328 g/mol. The van der Waals surface area contributed by atoms with Crippen molar-refractivity contribution < 1.29 is 24.5 Å². The van der Waals surface area contributed by atoms with Gasteiger partial charge >= 0.3 is 0 Å². The van der Waals surface area contributed by atoms with Gasteiger partial charge in [-0.1, -0.05) is 5.21 Å². The lowest BCUT2D eigenvalue weighted by Gasteiger charge is -2.33. The van der Waals surface area contributed by atoms with E-state index < -0.39 is 0 Å². The Bertz CT molecular complexity index is 776. The van der Waals surface area contributed by atoms with Gasteiger partial charge in [-0.25, -0.2) is 4.68 Å². The lowest BCUT2D eigenvalue weighted by atomic mass is 10.1. The largest absolute Gasteiger partial charge is 0.507 e. The minimum absolute atomic E-state index is 0.0785. The van der Waals surface area contributed by atoms with E-state index in [1.54, 1.807) is 15.8 Å². The Morgan fingerprint density at radius 2 is 2.28 bits per heavy atom. The van der Waals surface area contributed by atoms with Crippen LogP contribution in [0.15, 0.2) is 24.4 Å². The van der Waals surface area contributed by atoms with Gasteiger partial charge in [-0.05, 0) is 18.2 Å². The molecule has 9 nitrogen and oxygen atoms in total. The highest BCUT2D eigenvalue weighted by Crippen LogP contribution is 2.19. The number of phenols is 1. The number of morpholine rings is 1. The Morgan fingerprint density at radius 3 is 3.00 bits per heavy atom. The van der Waals surface area contributed by atoms with Gasteiger partial charge in [-0.2, -0.15) is 0 Å². The average Bonchev–Trinajstić information content (AvgIpc) is 3.09. The maximum atomic E-state index is 12.6. The van der Waals surface area contributed by atoms with Gasteiger partial charge < -0.3 is 19.8 Å². The van der Waals surface area contributed by atoms with Gasteiger partial charge in [-0.3, -0.25) is 9.59 Å². The summed E-state index contributed by atoms with van der Waals surface area (Å²) in [6.45, 7) is 1.41. The van der Waals surface area contributed by atoms with E-state index in [-0.39, 0.29) is 29.9 Å². The molecule has 132 valence electrons. The van der Waals surface area contributed by atoms with E-state index in [0.29, 0.717) is 43.8 Å². The van der Waals surface area contributed by atoms with Gasteiger partial charge in [0, 0.05) is 18.7 Å². The maximum Gasteiger partial charge on any atom is 0.254 e. The first kappa shape index (κ1) is 17.1. The van der Waals surface area contributed by atoms with Crippen molar-refractivity contribution in [1.82, 2.24) is 19.9 Å². The van der Waals surface area contributed by atoms with Crippen LogP contribution in [0.2, 0.25) is 0 Å². The molecule has 1 aromatic carbocycles. The number of aliphatic hydroxyl groups excluding tert-OH is 1. The van der Waals surface area contributed by atoms with Crippen LogP contribution in [-0.2, 0) is 17.9 Å². The van der Waals surface area contributed by atoms with Gasteiger partial charge in [0.1, 0.15) is 11.4 Å². The van der Waals surface area contributed by atoms with Crippen LogP contribution < -0.4 is 0 Å². The maximum absolute atomic E-state index is 12.6. The molecule has 25 heavy (non-hydrogen) atoms. The topological polar surface area (TPSA) is 118 Å². The number of ether oxygens (including phenoxy) is 1. The third kappa shape index (κ3) is 3.83. The summed E-state index contributed by atoms with van der Waals surface area (Å²) < 4.78 is 7.23. The van der Waals surface area contributed by atoms with Crippen molar-refractivity contribution in [3.05, 3.63) is 41.2 Å². The van der Waals surface area contributed by atoms with E-state index >= 15 is 0 Å². The zero-order valence-corrected chi connectivity index (χ0v) is 13.4. The molecule has 1 fully saturated rings. The molecule has 2 heterocycles. The van der Waals surface area contributed by atoms with E-state index in [9.17, 15) is 14.7 Å². The molecule has 1 atom stereocenters. The van der Waals surface area contributed by atoms with E-state index in [1.807, 2.05) is 0 Å². The average molecular weight is 346 g/mol. The quantitative estimate of drug-likeness (QED) is 0.722. The summed E-state index contributed by atoms with van der Waals surface area (Å²) in [5.41, 5.74) is 0.882. The lowest BCUT2D eigenvalue weighted by molar-refractivity contribution is -0.0302. The number of carbonyl (C=O) groups excluding carboxylic acids is 2. The van der Waals surface area contributed by atoms with Crippen LogP contribution in [0.25, 0.3) is 0 Å². The molecule has 1 unspecified atom stereocenters. The second-order valence-electron chi connectivity index (χ2n) is 5.73. The highest BCUT2D eigenvalue weighted by Gasteiger charge is 2.26. The molecule has 0 radical (unpaired) electrons. The molecule has 0 bridgehead atoms. The molecule has 1 amide bonds. The summed E-state index contributed by atoms with van der Waals surface area (Å²) in [7, 11) is 0. The fraction of sp³-hybridized carbons (Fsp3) is 0.375. The Hall–Kier alpha value is -2.78. The number of phenolic OH excluding ortho intramolecular Hbond substituents is 1. The summed E-state index contributed by atoms with van der Waals surface area (Å²) in [6.07, 6.45) is 1.88. The molecule has 0 spiro atoms. The van der Waals surface area contributed by atoms with Crippen molar-refractivity contribution in [2.45, 2.75) is 19.3 Å². The summed E-state index contributed by atoms with van der Waals surface area (Å²) in [5.74, 6) is -0.386. The van der Waals surface area contributed by atoms with Crippen LogP contribution >= 0.6 is 0 Å². The molecule has 2 N–H and O–H groups in total. The van der Waals surface area contributed by atoms with Crippen LogP contribution in [0.1, 0.15) is 26.4 Å². The summed E-state index contributed by atoms with van der Waals surface area (Å²) in [4.78, 5) is 25.2. The number of aromatic nitrogens is 3. The zero-order valence-electron chi connectivity index (χ0n) is 13.4. The fourth-order valence-corrected chi connectivity index (χ4v) is 2.69. The third-order valence-electron chi connectivity index (χ3n) is 3.97. The Balaban J connectivity index is 1.68. The molecular formula is C16H18N4O5. The van der Waals surface area contributed by atoms with E-state index in [1.165, 1.54) is 18.2 Å². The van der Waals surface area contributed by atoms with Crippen molar-refractivity contribution in [3.63, 3.8) is 0 Å². The minimum atomic E-state index is -0.256. The van der Waals surface area contributed by atoms with Crippen molar-refractivity contribution in [2.75, 3.05) is 19.7 Å². The number of aromatic hydroxyl groups is 1. The SMILES string of the molecule is O=Cc1cc(C(=O)N2CCOC(Cn3cc(CO)nn3)C2)ccc1O. The fourth-order valence-electron chi connectivity index (χ4n) is 2.69. The van der Waals surface area contributed by atoms with Crippen molar-refractivity contribution in [2.24, 2.45) is 0 Å². The molecule has 9 heteroatoms. The Morgan fingerprint density at radius 1 is 1.44 bits per heavy atom. The van der Waals surface area contributed by atoms with Crippen LogP contribution in [0.3, 0.4) is 0 Å². The minimum Gasteiger partial charge on any atom is -0.507 e. The van der Waals surface area contributed by atoms with E-state index in [4.69, 9.17) is 9.84 Å². The molecule has 3 rings (SSSR count). The number of carbonyl (C=O) groups is 2. The lowest BCUT2D eigenvalue weighted by Crippen LogP contribution is -2.47. The Labute approximate surface area is 143 Å². The molecule has 0 aliphatic carbocycles. The standard InChI is InChI=1S/C16H18N4O5/c21-9-12-5-11(1-2-15(12)23)16(24)19-3-4-25-14(7-19)8-20-6-13(10-22)17-18-20/h1-2,5-6,9,14,22-23H,3-4,7-8,10H2. The van der Waals surface area contributed by atoms with E-state index in [2.05, 4.69) is 10.3 Å². The van der Waals surface area contributed by atoms with Crippen LogP contribution in [0.5, 0.6) is 5.75 Å². The summed E-state index contributed by atoms with van der Waals surface area (Å²) in [5, 5.41) is 26.3. The predicted octanol–water partition coefficient (Wildman–Crippen LogP) is -0.170. The number of benzene rings is 1. The smallest absolute Gasteiger partial charge is 0.254 e. The summed E-state index contributed by atoms with van der Waals surface area (Å²) >= 11 is 0. The molecule has 1 aliphatic heterocycles. The molecule has 0 saturated carbocycles. The Kier molecular flexibility index (Phi) is 5.05. The van der Waals surface area contributed by atoms with Gasteiger partial charge in [0.05, 0.1) is 37.6 Å². The van der Waals surface area contributed by atoms with Gasteiger partial charge in [0.2, 0.25) is 0 Å². The summed E-state index contributed by atoms with van der Waals surface area (Å²) in [6, 6.07) is 4.20. The normalized spacial score (nSPS) is 17.5. The first-order valence-corrected chi connectivity index (χ1v) is 7.79. The number of nitrogens with zero attached hydrogens (tertiary/aromatic N) is 4. The first-order chi connectivity index (χ1) is 12.1. The molecule has 1 aliphatic rings. The van der Waals surface area contributed by atoms with Gasteiger partial charge in [0.25, 0.3) is 5.91 Å². The highest BCUT2D eigenvalue weighted by atomic mass is 16.5. The first-order valence-electron chi connectivity index (χ1n) is 7.79. The molecule has 1 saturated heterocycles. The third-order valence-corrected chi connectivity index (χ3v) is 3.97. The van der Waals surface area contributed by atoms with Gasteiger partial charge in [0.15, 0.2) is 6.29 Å². The molecule has 1 aromatic heterocycles. The monoisotopic (exact) mass is 346 g/mol. The number of aliphatic hydroxyl groups is 1. The van der Waals surface area contributed by atoms with Crippen molar-refractivity contribution >= 4 is 12.2 Å². The number of rotatable bonds is 5. The second kappa shape index (κ2) is 7.41. The zero-order chi connectivity index (χ0) is 17.8.